The van der Waals surface area contributed by atoms with Crippen molar-refractivity contribution in [2.45, 2.75) is 25.7 Å². The van der Waals surface area contributed by atoms with Crippen LogP contribution in [0, 0.1) is 11.3 Å². The first kappa shape index (κ1) is 28.0. The first-order valence-electron chi connectivity index (χ1n) is 12.1. The van der Waals surface area contributed by atoms with Gasteiger partial charge in [-0.2, -0.15) is 5.26 Å². The van der Waals surface area contributed by atoms with E-state index in [1.165, 1.54) is 25.3 Å². The van der Waals surface area contributed by atoms with Crippen LogP contribution >= 0.6 is 23.2 Å². The lowest BCUT2D eigenvalue weighted by molar-refractivity contribution is 0.0734. The van der Waals surface area contributed by atoms with Crippen molar-refractivity contribution in [3.63, 3.8) is 0 Å². The molecule has 1 heterocycles. The average Bonchev–Trinajstić information content (AvgIpc) is 2.92. The number of unbranched alkanes of at least 4 members (excludes halogenated alkanes) is 1. The molecule has 0 aliphatic carbocycles. The molecule has 3 aromatic carbocycles. The number of benzene rings is 3. The Morgan fingerprint density at radius 1 is 1.05 bits per heavy atom. The SMILES string of the molecule is CCCCOc1ccc(C2C(C#N)=C(N)Oc3cc(OC(=O)c4cc(Cl)c(OC)c(Cl)c4)ccc32)cc1OC. The van der Waals surface area contributed by atoms with Crippen LogP contribution in [-0.2, 0) is 0 Å². The molecule has 202 valence electrons. The van der Waals surface area contributed by atoms with Crippen molar-refractivity contribution < 1.29 is 28.5 Å². The van der Waals surface area contributed by atoms with Gasteiger partial charge in [-0.15, -0.1) is 0 Å². The van der Waals surface area contributed by atoms with E-state index in [-0.39, 0.29) is 38.6 Å². The molecule has 0 aromatic heterocycles. The number of hydrogen-bond donors (Lipinski definition) is 1. The number of fused-ring (bicyclic) bond motifs is 1. The van der Waals surface area contributed by atoms with Gasteiger partial charge in [0.2, 0.25) is 5.88 Å². The van der Waals surface area contributed by atoms with Gasteiger partial charge >= 0.3 is 5.97 Å². The van der Waals surface area contributed by atoms with Crippen LogP contribution < -0.4 is 29.4 Å². The third-order valence-electron chi connectivity index (χ3n) is 6.12. The summed E-state index contributed by atoms with van der Waals surface area (Å²) in [6.45, 7) is 2.65. The summed E-state index contributed by atoms with van der Waals surface area (Å²) in [5, 5.41) is 10.2. The van der Waals surface area contributed by atoms with Crippen LogP contribution in [0.5, 0.6) is 28.7 Å². The minimum atomic E-state index is -0.682. The van der Waals surface area contributed by atoms with E-state index in [0.717, 1.165) is 18.4 Å². The lowest BCUT2D eigenvalue weighted by Crippen LogP contribution is -2.21. The van der Waals surface area contributed by atoms with E-state index in [0.29, 0.717) is 29.4 Å². The number of esters is 1. The Bertz CT molecular complexity index is 1460. The molecule has 0 spiro atoms. The third kappa shape index (κ3) is 5.85. The van der Waals surface area contributed by atoms with Crippen LogP contribution in [-0.4, -0.2) is 26.8 Å². The fourth-order valence-corrected chi connectivity index (χ4v) is 4.83. The minimum absolute atomic E-state index is 0.0468. The molecule has 0 radical (unpaired) electrons. The molecule has 2 N–H and O–H groups in total. The number of allylic oxidation sites excluding steroid dienone is 1. The van der Waals surface area contributed by atoms with E-state index < -0.39 is 11.9 Å². The third-order valence-corrected chi connectivity index (χ3v) is 6.68. The molecule has 8 nitrogen and oxygen atoms in total. The van der Waals surface area contributed by atoms with Crippen LogP contribution in [0.4, 0.5) is 0 Å². The van der Waals surface area contributed by atoms with Gasteiger partial charge in [-0.3, -0.25) is 0 Å². The monoisotopic (exact) mass is 568 g/mol. The Kier molecular flexibility index (Phi) is 8.75. The Morgan fingerprint density at radius 3 is 2.44 bits per heavy atom. The fraction of sp³-hybridized carbons (Fsp3) is 0.241. The first-order valence-corrected chi connectivity index (χ1v) is 12.8. The maximum Gasteiger partial charge on any atom is 0.343 e. The molecule has 39 heavy (non-hydrogen) atoms. The number of rotatable bonds is 9. The van der Waals surface area contributed by atoms with Crippen molar-refractivity contribution in [1.82, 2.24) is 0 Å². The quantitative estimate of drug-likeness (QED) is 0.174. The molecule has 3 aromatic rings. The van der Waals surface area contributed by atoms with Crippen molar-refractivity contribution in [3.05, 3.63) is 86.7 Å². The van der Waals surface area contributed by atoms with Crippen molar-refractivity contribution in [1.29, 1.82) is 5.26 Å². The van der Waals surface area contributed by atoms with Crippen molar-refractivity contribution in [3.8, 4) is 34.8 Å². The molecule has 1 aliphatic heterocycles. The number of nitriles is 1. The molecule has 10 heteroatoms. The molecule has 0 fully saturated rings. The number of ether oxygens (including phenoxy) is 5. The largest absolute Gasteiger partial charge is 0.494 e. The summed E-state index contributed by atoms with van der Waals surface area (Å²) in [5.74, 6) is 0.680. The van der Waals surface area contributed by atoms with Crippen LogP contribution in [0.3, 0.4) is 0 Å². The fourth-order valence-electron chi connectivity index (χ4n) is 4.19. The van der Waals surface area contributed by atoms with E-state index in [1.807, 2.05) is 18.2 Å². The van der Waals surface area contributed by atoms with Gasteiger partial charge in [0, 0.05) is 11.6 Å². The number of methoxy groups -OCH3 is 2. The van der Waals surface area contributed by atoms with E-state index in [2.05, 4.69) is 13.0 Å². The molecule has 1 aliphatic rings. The Balaban J connectivity index is 1.66. The van der Waals surface area contributed by atoms with Crippen LogP contribution in [0.25, 0.3) is 0 Å². The normalized spacial score (nSPS) is 14.1. The topological polar surface area (TPSA) is 113 Å². The van der Waals surface area contributed by atoms with Gasteiger partial charge in [0.25, 0.3) is 0 Å². The molecular weight excluding hydrogens is 543 g/mol. The summed E-state index contributed by atoms with van der Waals surface area (Å²) in [7, 11) is 2.98. The second kappa shape index (κ2) is 12.2. The Morgan fingerprint density at radius 2 is 1.79 bits per heavy atom. The highest BCUT2D eigenvalue weighted by Gasteiger charge is 2.32. The number of halogens is 2. The van der Waals surface area contributed by atoms with Crippen LogP contribution in [0.1, 0.15) is 47.2 Å². The maximum atomic E-state index is 12.8. The van der Waals surface area contributed by atoms with Crippen LogP contribution in [0.2, 0.25) is 10.0 Å². The highest BCUT2D eigenvalue weighted by atomic mass is 35.5. The maximum absolute atomic E-state index is 12.8. The van der Waals surface area contributed by atoms with E-state index >= 15 is 0 Å². The molecule has 1 atom stereocenters. The predicted molar refractivity (Wildman–Crippen MR) is 147 cm³/mol. The molecule has 0 amide bonds. The average molecular weight is 569 g/mol. The standard InChI is InChI=1S/C29H26Cl2N2O6/c1-4-5-10-37-23-9-6-16(13-25(23)35-2)26-19-8-7-18(14-24(19)39-28(33)20(26)15-32)38-29(34)17-11-21(30)27(36-3)22(31)12-17/h6-9,11-14,26H,4-5,10,33H2,1-3H3. The first-order chi connectivity index (χ1) is 18.8. The smallest absolute Gasteiger partial charge is 0.343 e. The van der Waals surface area contributed by atoms with Crippen LogP contribution in [0.15, 0.2) is 60.0 Å². The number of hydrogen-bond acceptors (Lipinski definition) is 8. The van der Waals surface area contributed by atoms with Gasteiger partial charge in [0.05, 0.1) is 42.4 Å². The highest BCUT2D eigenvalue weighted by Crippen LogP contribution is 2.45. The lowest BCUT2D eigenvalue weighted by atomic mass is 9.83. The van der Waals surface area contributed by atoms with Gasteiger partial charge in [-0.1, -0.05) is 48.7 Å². The van der Waals surface area contributed by atoms with E-state index in [9.17, 15) is 10.1 Å². The van der Waals surface area contributed by atoms with E-state index in [1.54, 1.807) is 19.2 Å². The molecule has 4 rings (SSSR count). The van der Waals surface area contributed by atoms with Gasteiger partial charge in [0.15, 0.2) is 17.2 Å². The Labute approximate surface area is 236 Å². The predicted octanol–water partition coefficient (Wildman–Crippen LogP) is 6.63. The molecule has 0 saturated carbocycles. The minimum Gasteiger partial charge on any atom is -0.494 e. The van der Waals surface area contributed by atoms with E-state index in [4.69, 9.17) is 52.6 Å². The number of carbonyl (C=O) groups is 1. The van der Waals surface area contributed by atoms with Gasteiger partial charge in [-0.05, 0) is 42.3 Å². The number of nitrogens with two attached hydrogens (primary N) is 1. The summed E-state index contributed by atoms with van der Waals surface area (Å²) < 4.78 is 27.8. The van der Waals surface area contributed by atoms with Crippen molar-refractivity contribution >= 4 is 29.2 Å². The van der Waals surface area contributed by atoms with Crippen molar-refractivity contribution in [2.24, 2.45) is 5.73 Å². The summed E-state index contributed by atoms with van der Waals surface area (Å²) >= 11 is 12.3. The number of carbonyl (C=O) groups excluding carboxylic acids is 1. The van der Waals surface area contributed by atoms with Gasteiger partial charge in [-0.25, -0.2) is 4.79 Å². The molecule has 0 saturated heterocycles. The summed E-state index contributed by atoms with van der Waals surface area (Å²) in [5.41, 5.74) is 7.95. The summed E-state index contributed by atoms with van der Waals surface area (Å²) in [6.07, 6.45) is 1.93. The highest BCUT2D eigenvalue weighted by molar-refractivity contribution is 6.37. The second-order valence-electron chi connectivity index (χ2n) is 8.60. The lowest BCUT2D eigenvalue weighted by Gasteiger charge is -2.27. The summed E-state index contributed by atoms with van der Waals surface area (Å²) in [4.78, 5) is 12.8. The zero-order valence-electron chi connectivity index (χ0n) is 21.5. The Hall–Kier alpha value is -4.06. The summed E-state index contributed by atoms with van der Waals surface area (Å²) in [6, 6.07) is 15.3. The van der Waals surface area contributed by atoms with Gasteiger partial charge < -0.3 is 29.4 Å². The molecular formula is C29H26Cl2N2O6. The molecule has 1 unspecified atom stereocenters. The van der Waals surface area contributed by atoms with Crippen molar-refractivity contribution in [2.75, 3.05) is 20.8 Å². The molecule has 0 bridgehead atoms. The second-order valence-corrected chi connectivity index (χ2v) is 9.41. The van der Waals surface area contributed by atoms with Gasteiger partial charge in [0.1, 0.15) is 23.1 Å². The number of nitrogens with zero attached hydrogens (tertiary/aromatic N) is 1. The zero-order chi connectivity index (χ0) is 28.1. The zero-order valence-corrected chi connectivity index (χ0v) is 23.1.